The van der Waals surface area contributed by atoms with E-state index in [2.05, 4.69) is 5.32 Å². The third kappa shape index (κ3) is 6.12. The van der Waals surface area contributed by atoms with E-state index in [1.165, 1.54) is 62.5 Å². The maximum absolute atomic E-state index is 13.0. The molecule has 3 aromatic rings. The first-order valence-corrected chi connectivity index (χ1v) is 13.2. The molecule has 4 rings (SSSR count). The van der Waals surface area contributed by atoms with Gasteiger partial charge in [0.25, 0.3) is 15.9 Å². The van der Waals surface area contributed by atoms with E-state index in [-0.39, 0.29) is 23.3 Å². The number of nitrogens with zero attached hydrogens (tertiary/aromatic N) is 2. The molecule has 0 fully saturated rings. The van der Waals surface area contributed by atoms with Crippen molar-refractivity contribution in [2.45, 2.75) is 18.2 Å². The molecule has 38 heavy (non-hydrogen) atoms. The number of para-hydroxylation sites is 1. The lowest BCUT2D eigenvalue weighted by Crippen LogP contribution is -2.33. The smallest absolute Gasteiger partial charge is 0.344 e. The van der Waals surface area contributed by atoms with Gasteiger partial charge in [0.2, 0.25) is 5.91 Å². The quantitative estimate of drug-likeness (QED) is 0.417. The van der Waals surface area contributed by atoms with Crippen LogP contribution in [-0.4, -0.2) is 53.0 Å². The number of rotatable bonds is 9. The Morgan fingerprint density at radius 3 is 2.32 bits per heavy atom. The molecule has 1 aliphatic rings. The van der Waals surface area contributed by atoms with Crippen molar-refractivity contribution >= 4 is 44.9 Å². The highest BCUT2D eigenvalue weighted by molar-refractivity contribution is 7.92. The zero-order chi connectivity index (χ0) is 27.3. The van der Waals surface area contributed by atoms with Gasteiger partial charge in [-0.05, 0) is 66.6 Å². The molecule has 0 aromatic heterocycles. The second-order valence-electron chi connectivity index (χ2n) is 8.55. The molecule has 0 saturated heterocycles. The molecule has 0 unspecified atom stereocenters. The van der Waals surface area contributed by atoms with E-state index in [1.54, 1.807) is 4.90 Å². The second-order valence-corrected chi connectivity index (χ2v) is 10.5. The normalized spacial score (nSPS) is 12.4. The summed E-state index contributed by atoms with van der Waals surface area (Å²) in [5, 5.41) is 2.59. The number of benzene rings is 3. The van der Waals surface area contributed by atoms with Gasteiger partial charge in [0.1, 0.15) is 5.75 Å². The van der Waals surface area contributed by atoms with E-state index in [0.29, 0.717) is 23.7 Å². The maximum Gasteiger partial charge on any atom is 0.344 e. The Morgan fingerprint density at radius 1 is 0.947 bits per heavy atom. The Labute approximate surface area is 220 Å². The van der Waals surface area contributed by atoms with Crippen LogP contribution < -0.4 is 19.3 Å². The first-order valence-electron chi connectivity index (χ1n) is 11.8. The molecular formula is C27H27N3O7S. The summed E-state index contributed by atoms with van der Waals surface area (Å²) in [6.07, 6.45) is 0.760. The summed E-state index contributed by atoms with van der Waals surface area (Å²) in [7, 11) is -2.43. The zero-order valence-electron chi connectivity index (χ0n) is 20.9. The van der Waals surface area contributed by atoms with Gasteiger partial charge in [0, 0.05) is 31.9 Å². The fraction of sp³-hybridized carbons (Fsp3) is 0.222. The minimum atomic E-state index is -3.85. The minimum Gasteiger partial charge on any atom is -0.482 e. The standard InChI is InChI=1S/C27H27N3O7S/c1-19(31)28-21-7-13-24(14-8-21)38(34,35)29(2)22-9-11-23(12-10-22)36-18-27(33)37-17-26(32)30-16-15-20-5-3-4-6-25(20)30/h3-14H,15-18H2,1-2H3,(H,28,31). The third-order valence-electron chi connectivity index (χ3n) is 5.93. The summed E-state index contributed by atoms with van der Waals surface area (Å²) < 4.78 is 37.6. The molecule has 0 saturated carbocycles. The molecule has 0 bridgehead atoms. The molecular weight excluding hydrogens is 510 g/mol. The van der Waals surface area contributed by atoms with Crippen LogP contribution in [0.3, 0.4) is 0 Å². The van der Waals surface area contributed by atoms with Crippen LogP contribution in [0.25, 0.3) is 0 Å². The van der Waals surface area contributed by atoms with Gasteiger partial charge in [-0.2, -0.15) is 0 Å². The van der Waals surface area contributed by atoms with Crippen LogP contribution in [0.2, 0.25) is 0 Å². The number of nitrogens with one attached hydrogen (secondary N) is 1. The number of anilines is 3. The monoisotopic (exact) mass is 537 g/mol. The largest absolute Gasteiger partial charge is 0.482 e. The molecule has 1 N–H and O–H groups in total. The van der Waals surface area contributed by atoms with Gasteiger partial charge in [-0.15, -0.1) is 0 Å². The Bertz CT molecular complexity index is 1440. The average Bonchev–Trinajstić information content (AvgIpc) is 3.35. The van der Waals surface area contributed by atoms with Crippen LogP contribution in [0, 0.1) is 0 Å². The van der Waals surface area contributed by atoms with Crippen molar-refractivity contribution in [2.75, 3.05) is 41.3 Å². The van der Waals surface area contributed by atoms with Gasteiger partial charge in [-0.1, -0.05) is 18.2 Å². The van der Waals surface area contributed by atoms with Crippen LogP contribution >= 0.6 is 0 Å². The molecule has 1 heterocycles. The van der Waals surface area contributed by atoms with Crippen molar-refractivity contribution in [3.63, 3.8) is 0 Å². The van der Waals surface area contributed by atoms with Crippen LogP contribution in [0.15, 0.2) is 77.7 Å². The molecule has 0 spiro atoms. The first kappa shape index (κ1) is 26.7. The number of ether oxygens (including phenoxy) is 2. The summed E-state index contributed by atoms with van der Waals surface area (Å²) in [6.45, 7) is 1.12. The Hall–Kier alpha value is -4.38. The van der Waals surface area contributed by atoms with Crippen molar-refractivity contribution in [1.29, 1.82) is 0 Å². The van der Waals surface area contributed by atoms with E-state index in [1.807, 2.05) is 24.3 Å². The number of esters is 1. The molecule has 10 nitrogen and oxygen atoms in total. The van der Waals surface area contributed by atoms with E-state index < -0.39 is 22.6 Å². The lowest BCUT2D eigenvalue weighted by Gasteiger charge is -2.20. The Kier molecular flexibility index (Phi) is 7.96. The highest BCUT2D eigenvalue weighted by Gasteiger charge is 2.25. The molecule has 0 aliphatic carbocycles. The second kappa shape index (κ2) is 11.3. The Morgan fingerprint density at radius 2 is 1.63 bits per heavy atom. The van der Waals surface area contributed by atoms with Crippen LogP contribution in [0.5, 0.6) is 5.75 Å². The number of sulfonamides is 1. The number of hydrogen-bond acceptors (Lipinski definition) is 7. The fourth-order valence-corrected chi connectivity index (χ4v) is 5.16. The Balaban J connectivity index is 1.28. The van der Waals surface area contributed by atoms with Crippen molar-refractivity contribution in [3.8, 4) is 5.75 Å². The van der Waals surface area contributed by atoms with E-state index in [4.69, 9.17) is 9.47 Å². The highest BCUT2D eigenvalue weighted by Crippen LogP contribution is 2.28. The summed E-state index contributed by atoms with van der Waals surface area (Å²) >= 11 is 0. The van der Waals surface area contributed by atoms with Crippen molar-refractivity contribution in [2.24, 2.45) is 0 Å². The predicted molar refractivity (Wildman–Crippen MR) is 142 cm³/mol. The van der Waals surface area contributed by atoms with E-state index in [9.17, 15) is 22.8 Å². The van der Waals surface area contributed by atoms with Gasteiger partial charge in [0.15, 0.2) is 13.2 Å². The van der Waals surface area contributed by atoms with Gasteiger partial charge in [-0.25, -0.2) is 13.2 Å². The molecule has 0 radical (unpaired) electrons. The molecule has 1 aliphatic heterocycles. The summed E-state index contributed by atoms with van der Waals surface area (Å²) in [4.78, 5) is 37.4. The van der Waals surface area contributed by atoms with Crippen molar-refractivity contribution in [1.82, 2.24) is 0 Å². The maximum atomic E-state index is 13.0. The summed E-state index contributed by atoms with van der Waals surface area (Å²) in [5.74, 6) is -0.926. The zero-order valence-corrected chi connectivity index (χ0v) is 21.7. The van der Waals surface area contributed by atoms with Crippen LogP contribution in [0.1, 0.15) is 12.5 Å². The third-order valence-corrected chi connectivity index (χ3v) is 7.73. The lowest BCUT2D eigenvalue weighted by atomic mass is 10.2. The highest BCUT2D eigenvalue weighted by atomic mass is 32.2. The average molecular weight is 538 g/mol. The fourth-order valence-electron chi connectivity index (χ4n) is 3.96. The number of fused-ring (bicyclic) bond motifs is 1. The summed E-state index contributed by atoms with van der Waals surface area (Å²) in [5.41, 5.74) is 2.78. The van der Waals surface area contributed by atoms with Crippen molar-refractivity contribution < 1.29 is 32.3 Å². The molecule has 198 valence electrons. The van der Waals surface area contributed by atoms with E-state index in [0.717, 1.165) is 22.0 Å². The lowest BCUT2D eigenvalue weighted by molar-refractivity contribution is -0.149. The van der Waals surface area contributed by atoms with Crippen LogP contribution in [-0.2, 0) is 35.6 Å². The van der Waals surface area contributed by atoms with Gasteiger partial charge >= 0.3 is 5.97 Å². The number of carbonyl (C=O) groups is 3. The number of carbonyl (C=O) groups excluding carboxylic acids is 3. The molecule has 0 atom stereocenters. The first-order chi connectivity index (χ1) is 18.1. The topological polar surface area (TPSA) is 122 Å². The van der Waals surface area contributed by atoms with Gasteiger partial charge in [-0.3, -0.25) is 13.9 Å². The van der Waals surface area contributed by atoms with Gasteiger partial charge in [0.05, 0.1) is 10.6 Å². The minimum absolute atomic E-state index is 0.0594. The number of amides is 2. The summed E-state index contributed by atoms with van der Waals surface area (Å²) in [6, 6.07) is 19.6. The van der Waals surface area contributed by atoms with Crippen LogP contribution in [0.4, 0.5) is 17.1 Å². The molecule has 2 amide bonds. The predicted octanol–water partition coefficient (Wildman–Crippen LogP) is 2.98. The van der Waals surface area contributed by atoms with Gasteiger partial charge < -0.3 is 19.7 Å². The van der Waals surface area contributed by atoms with E-state index >= 15 is 0 Å². The SMILES string of the molecule is CC(=O)Nc1ccc(S(=O)(=O)N(C)c2ccc(OCC(=O)OCC(=O)N3CCc4ccccc43)cc2)cc1. The van der Waals surface area contributed by atoms with Crippen molar-refractivity contribution in [3.05, 3.63) is 78.4 Å². The number of hydrogen-bond donors (Lipinski definition) is 1. The molecule has 3 aromatic carbocycles. The molecule has 11 heteroatoms.